The third kappa shape index (κ3) is 3.01. The second-order valence-corrected chi connectivity index (χ2v) is 6.47. The van der Waals surface area contributed by atoms with Gasteiger partial charge in [-0.25, -0.2) is 0 Å². The van der Waals surface area contributed by atoms with E-state index in [1.807, 2.05) is 0 Å². The molecule has 1 aliphatic heterocycles. The summed E-state index contributed by atoms with van der Waals surface area (Å²) in [5.41, 5.74) is 0.0632. The van der Waals surface area contributed by atoms with Crippen LogP contribution in [0, 0.1) is 5.41 Å². The minimum atomic E-state index is -0.206. The van der Waals surface area contributed by atoms with Gasteiger partial charge in [0.2, 0.25) is 0 Å². The van der Waals surface area contributed by atoms with Crippen molar-refractivity contribution in [1.82, 2.24) is 4.90 Å². The third-order valence-corrected chi connectivity index (χ3v) is 4.57. The van der Waals surface area contributed by atoms with Gasteiger partial charge in [0, 0.05) is 19.2 Å². The molecule has 17 heavy (non-hydrogen) atoms. The fraction of sp³-hybridized carbons (Fsp3) is 1.00. The lowest BCUT2D eigenvalue weighted by molar-refractivity contribution is -0.0598. The second kappa shape index (κ2) is 5.25. The molecule has 1 heterocycles. The van der Waals surface area contributed by atoms with Gasteiger partial charge in [0.15, 0.2) is 0 Å². The lowest BCUT2D eigenvalue weighted by Gasteiger charge is -2.45. The predicted octanol–water partition coefficient (Wildman–Crippen LogP) is 2.04. The van der Waals surface area contributed by atoms with Gasteiger partial charge in [-0.1, -0.05) is 20.3 Å². The SMILES string of the molecule is CN(CC1CCCO1)C1CCCC(C)(C)C1O. The van der Waals surface area contributed by atoms with E-state index < -0.39 is 0 Å². The molecule has 1 saturated carbocycles. The van der Waals surface area contributed by atoms with E-state index in [0.717, 1.165) is 26.0 Å². The molecule has 0 amide bonds. The molecule has 2 fully saturated rings. The van der Waals surface area contributed by atoms with E-state index in [-0.39, 0.29) is 11.5 Å². The van der Waals surface area contributed by atoms with Crippen LogP contribution in [0.4, 0.5) is 0 Å². The van der Waals surface area contributed by atoms with Crippen molar-refractivity contribution in [1.29, 1.82) is 0 Å². The molecule has 3 unspecified atom stereocenters. The lowest BCUT2D eigenvalue weighted by atomic mass is 9.72. The predicted molar refractivity (Wildman–Crippen MR) is 69.0 cm³/mol. The van der Waals surface area contributed by atoms with E-state index >= 15 is 0 Å². The maximum atomic E-state index is 10.5. The molecule has 1 N–H and O–H groups in total. The minimum absolute atomic E-state index is 0.0632. The summed E-state index contributed by atoms with van der Waals surface area (Å²) < 4.78 is 5.68. The molecule has 1 saturated heterocycles. The van der Waals surface area contributed by atoms with E-state index in [2.05, 4.69) is 25.8 Å². The maximum absolute atomic E-state index is 10.5. The molecule has 0 aromatic rings. The average molecular weight is 241 g/mol. The van der Waals surface area contributed by atoms with Gasteiger partial charge in [-0.2, -0.15) is 0 Å². The van der Waals surface area contributed by atoms with Crippen LogP contribution >= 0.6 is 0 Å². The Bertz CT molecular complexity index is 249. The maximum Gasteiger partial charge on any atom is 0.0746 e. The molecule has 2 aliphatic rings. The Morgan fingerprint density at radius 1 is 1.29 bits per heavy atom. The topological polar surface area (TPSA) is 32.7 Å². The molecular weight excluding hydrogens is 214 g/mol. The Kier molecular flexibility index (Phi) is 4.11. The quantitative estimate of drug-likeness (QED) is 0.820. The molecule has 2 rings (SSSR count). The summed E-state index contributed by atoms with van der Waals surface area (Å²) >= 11 is 0. The standard InChI is InChI=1S/C14H27NO2/c1-14(2)8-4-7-12(13(14)16)15(3)10-11-6-5-9-17-11/h11-13,16H,4-10H2,1-3H3. The Morgan fingerprint density at radius 3 is 2.71 bits per heavy atom. The number of hydrogen-bond donors (Lipinski definition) is 1. The Balaban J connectivity index is 1.91. The normalized spacial score (nSPS) is 37.6. The van der Waals surface area contributed by atoms with Gasteiger partial charge in [0.1, 0.15) is 0 Å². The van der Waals surface area contributed by atoms with Crippen molar-refractivity contribution in [2.45, 2.75) is 64.2 Å². The van der Waals surface area contributed by atoms with Crippen LogP contribution in [0.5, 0.6) is 0 Å². The number of nitrogens with zero attached hydrogens (tertiary/aromatic N) is 1. The zero-order valence-electron chi connectivity index (χ0n) is 11.5. The first-order chi connectivity index (χ1) is 8.00. The summed E-state index contributed by atoms with van der Waals surface area (Å²) in [6.07, 6.45) is 6.03. The molecular formula is C14H27NO2. The number of aliphatic hydroxyl groups is 1. The summed E-state index contributed by atoms with van der Waals surface area (Å²) in [6.45, 7) is 6.25. The van der Waals surface area contributed by atoms with Gasteiger partial charge in [-0.15, -0.1) is 0 Å². The third-order valence-electron chi connectivity index (χ3n) is 4.57. The zero-order valence-corrected chi connectivity index (χ0v) is 11.5. The van der Waals surface area contributed by atoms with Crippen LogP contribution in [0.25, 0.3) is 0 Å². The van der Waals surface area contributed by atoms with Gasteiger partial charge in [-0.05, 0) is 38.1 Å². The summed E-state index contributed by atoms with van der Waals surface area (Å²) in [6, 6.07) is 0.308. The van der Waals surface area contributed by atoms with Crippen LogP contribution in [0.15, 0.2) is 0 Å². The summed E-state index contributed by atoms with van der Waals surface area (Å²) in [5, 5.41) is 10.5. The van der Waals surface area contributed by atoms with Gasteiger partial charge < -0.3 is 9.84 Å². The highest BCUT2D eigenvalue weighted by molar-refractivity contribution is 4.93. The molecule has 1 aliphatic carbocycles. The highest BCUT2D eigenvalue weighted by Gasteiger charge is 2.39. The Labute approximate surface area is 105 Å². The summed E-state index contributed by atoms with van der Waals surface area (Å²) in [7, 11) is 2.14. The van der Waals surface area contributed by atoms with Crippen molar-refractivity contribution in [3.8, 4) is 0 Å². The zero-order chi connectivity index (χ0) is 12.5. The van der Waals surface area contributed by atoms with E-state index in [0.29, 0.717) is 12.1 Å². The first kappa shape index (κ1) is 13.3. The summed E-state index contributed by atoms with van der Waals surface area (Å²) in [5.74, 6) is 0. The molecule has 0 aromatic carbocycles. The number of ether oxygens (including phenoxy) is 1. The highest BCUT2D eigenvalue weighted by atomic mass is 16.5. The first-order valence-electron chi connectivity index (χ1n) is 7.00. The lowest BCUT2D eigenvalue weighted by Crippen LogP contribution is -2.52. The molecule has 0 spiro atoms. The van der Waals surface area contributed by atoms with Crippen molar-refractivity contribution in [3.63, 3.8) is 0 Å². The Hall–Kier alpha value is -0.120. The fourth-order valence-electron chi connectivity index (χ4n) is 3.30. The van der Waals surface area contributed by atoms with Crippen LogP contribution in [0.3, 0.4) is 0 Å². The first-order valence-corrected chi connectivity index (χ1v) is 7.00. The number of aliphatic hydroxyl groups excluding tert-OH is 1. The average Bonchev–Trinajstić information content (AvgIpc) is 2.74. The Morgan fingerprint density at radius 2 is 2.06 bits per heavy atom. The van der Waals surface area contributed by atoms with Crippen molar-refractivity contribution >= 4 is 0 Å². The van der Waals surface area contributed by atoms with Gasteiger partial charge in [-0.3, -0.25) is 4.90 Å². The van der Waals surface area contributed by atoms with Crippen molar-refractivity contribution in [3.05, 3.63) is 0 Å². The fourth-order valence-corrected chi connectivity index (χ4v) is 3.30. The van der Waals surface area contributed by atoms with Gasteiger partial charge in [0.05, 0.1) is 12.2 Å². The molecule has 3 heteroatoms. The minimum Gasteiger partial charge on any atom is -0.391 e. The molecule has 0 bridgehead atoms. The number of rotatable bonds is 3. The van der Waals surface area contributed by atoms with Crippen molar-refractivity contribution < 1.29 is 9.84 Å². The largest absolute Gasteiger partial charge is 0.391 e. The number of hydrogen-bond acceptors (Lipinski definition) is 3. The van der Waals surface area contributed by atoms with Crippen LogP contribution in [-0.4, -0.2) is 48.5 Å². The highest BCUT2D eigenvalue weighted by Crippen LogP contribution is 2.37. The number of likely N-dealkylation sites (N-methyl/N-ethyl adjacent to an activating group) is 1. The van der Waals surface area contributed by atoms with Crippen LogP contribution in [-0.2, 0) is 4.74 Å². The monoisotopic (exact) mass is 241 g/mol. The molecule has 3 nitrogen and oxygen atoms in total. The molecule has 0 aromatic heterocycles. The smallest absolute Gasteiger partial charge is 0.0746 e. The molecule has 3 atom stereocenters. The second-order valence-electron chi connectivity index (χ2n) is 6.47. The van der Waals surface area contributed by atoms with E-state index in [1.54, 1.807) is 0 Å². The van der Waals surface area contributed by atoms with E-state index in [1.165, 1.54) is 19.3 Å². The van der Waals surface area contributed by atoms with Crippen LogP contribution < -0.4 is 0 Å². The summed E-state index contributed by atoms with van der Waals surface area (Å²) in [4.78, 5) is 2.32. The van der Waals surface area contributed by atoms with Gasteiger partial charge >= 0.3 is 0 Å². The molecule has 0 radical (unpaired) electrons. The van der Waals surface area contributed by atoms with E-state index in [9.17, 15) is 5.11 Å². The van der Waals surface area contributed by atoms with Crippen LogP contribution in [0.2, 0.25) is 0 Å². The van der Waals surface area contributed by atoms with Gasteiger partial charge in [0.25, 0.3) is 0 Å². The van der Waals surface area contributed by atoms with Crippen molar-refractivity contribution in [2.75, 3.05) is 20.2 Å². The van der Waals surface area contributed by atoms with Crippen molar-refractivity contribution in [2.24, 2.45) is 5.41 Å². The molecule has 100 valence electrons. The van der Waals surface area contributed by atoms with E-state index in [4.69, 9.17) is 4.74 Å². The van der Waals surface area contributed by atoms with Crippen LogP contribution in [0.1, 0.15) is 46.0 Å².